The minimum absolute atomic E-state index is 0.368. The van der Waals surface area contributed by atoms with Crippen LogP contribution in [0.25, 0.3) is 0 Å². The molecule has 0 spiro atoms. The summed E-state index contributed by atoms with van der Waals surface area (Å²) in [5.74, 6) is 1.54. The molecule has 0 aliphatic rings. The molecule has 0 aromatic heterocycles. The van der Waals surface area contributed by atoms with E-state index in [4.69, 9.17) is 14.2 Å². The van der Waals surface area contributed by atoms with Crippen LogP contribution in [0, 0.1) is 0 Å². The van der Waals surface area contributed by atoms with Crippen molar-refractivity contribution in [2.45, 2.75) is 26.3 Å². The van der Waals surface area contributed by atoms with Crippen LogP contribution in [0.1, 0.15) is 25.3 Å². The summed E-state index contributed by atoms with van der Waals surface area (Å²) in [6.07, 6.45) is 1.36. The summed E-state index contributed by atoms with van der Waals surface area (Å²) >= 11 is 0. The Morgan fingerprint density at radius 1 is 1.14 bits per heavy atom. The molecule has 0 bridgehead atoms. The van der Waals surface area contributed by atoms with Gasteiger partial charge in [-0.1, -0.05) is 13.0 Å². The molecule has 120 valence electrons. The summed E-state index contributed by atoms with van der Waals surface area (Å²) in [5.41, 5.74) is 1.04. The molecule has 21 heavy (non-hydrogen) atoms. The Kier molecular flexibility index (Phi) is 9.57. The average molecular weight is 299 g/mol. The van der Waals surface area contributed by atoms with Crippen LogP contribution in [0.5, 0.6) is 11.5 Å². The van der Waals surface area contributed by atoms with Gasteiger partial charge in [0.15, 0.2) is 0 Å². The van der Waals surface area contributed by atoms with Gasteiger partial charge in [-0.3, -0.25) is 4.39 Å². The highest BCUT2D eigenvalue weighted by Crippen LogP contribution is 2.25. The third-order valence-electron chi connectivity index (χ3n) is 2.85. The highest BCUT2D eigenvalue weighted by atomic mass is 19.1. The molecule has 0 atom stereocenters. The normalized spacial score (nSPS) is 10.6. The van der Waals surface area contributed by atoms with E-state index < -0.39 is 0 Å². The maximum absolute atomic E-state index is 12.2. The van der Waals surface area contributed by atoms with Gasteiger partial charge in [0.05, 0.1) is 26.5 Å². The third kappa shape index (κ3) is 7.29. The lowest BCUT2D eigenvalue weighted by Crippen LogP contribution is -2.19. The maximum Gasteiger partial charge on any atom is 0.127 e. The molecule has 0 radical (unpaired) electrons. The van der Waals surface area contributed by atoms with Crippen molar-refractivity contribution in [3.8, 4) is 11.5 Å². The van der Waals surface area contributed by atoms with Crippen molar-refractivity contribution in [3.05, 3.63) is 23.8 Å². The fraction of sp³-hybridized carbons (Fsp3) is 0.625. The Labute approximate surface area is 126 Å². The van der Waals surface area contributed by atoms with Gasteiger partial charge < -0.3 is 19.5 Å². The Morgan fingerprint density at radius 2 is 2.00 bits per heavy atom. The number of ether oxygens (including phenoxy) is 3. The van der Waals surface area contributed by atoms with Crippen molar-refractivity contribution >= 4 is 0 Å². The van der Waals surface area contributed by atoms with Crippen LogP contribution in [0.3, 0.4) is 0 Å². The lowest BCUT2D eigenvalue weighted by atomic mass is 10.2. The van der Waals surface area contributed by atoms with Crippen LogP contribution >= 0.6 is 0 Å². The summed E-state index contributed by atoms with van der Waals surface area (Å²) in [6, 6.07) is 5.79. The van der Waals surface area contributed by atoms with Gasteiger partial charge in [0, 0.05) is 38.2 Å². The zero-order chi connectivity index (χ0) is 15.3. The Balaban J connectivity index is 2.64. The first kappa shape index (κ1) is 17.7. The molecule has 5 heteroatoms. The van der Waals surface area contributed by atoms with Crippen molar-refractivity contribution in [2.24, 2.45) is 0 Å². The van der Waals surface area contributed by atoms with E-state index in [9.17, 15) is 4.39 Å². The fourth-order valence-corrected chi connectivity index (χ4v) is 1.76. The van der Waals surface area contributed by atoms with Crippen LogP contribution in [0.15, 0.2) is 18.2 Å². The van der Waals surface area contributed by atoms with E-state index in [1.54, 1.807) is 7.11 Å². The summed E-state index contributed by atoms with van der Waals surface area (Å²) in [6.45, 7) is 4.86. The first-order valence-electron chi connectivity index (χ1n) is 7.46. The van der Waals surface area contributed by atoms with Crippen molar-refractivity contribution in [2.75, 3.05) is 40.1 Å². The lowest BCUT2D eigenvalue weighted by Gasteiger charge is -2.14. The second-order valence-electron chi connectivity index (χ2n) is 4.68. The van der Waals surface area contributed by atoms with Crippen LogP contribution < -0.4 is 14.8 Å². The summed E-state index contributed by atoms with van der Waals surface area (Å²) in [5, 5.41) is 3.28. The summed E-state index contributed by atoms with van der Waals surface area (Å²) in [7, 11) is 1.67. The van der Waals surface area contributed by atoms with Gasteiger partial charge >= 0.3 is 0 Å². The number of hydrogen-bond donors (Lipinski definition) is 1. The van der Waals surface area contributed by atoms with Gasteiger partial charge in [-0.2, -0.15) is 0 Å². The van der Waals surface area contributed by atoms with E-state index in [0.29, 0.717) is 32.8 Å². The topological polar surface area (TPSA) is 39.7 Å². The molecule has 0 unspecified atom stereocenters. The van der Waals surface area contributed by atoms with E-state index in [2.05, 4.69) is 12.2 Å². The smallest absolute Gasteiger partial charge is 0.127 e. The van der Waals surface area contributed by atoms with Crippen molar-refractivity contribution < 1.29 is 18.6 Å². The molecule has 1 aromatic rings. The molecule has 4 nitrogen and oxygen atoms in total. The van der Waals surface area contributed by atoms with E-state index >= 15 is 0 Å². The molecule has 0 aliphatic heterocycles. The van der Waals surface area contributed by atoms with Gasteiger partial charge in [0.2, 0.25) is 0 Å². The van der Waals surface area contributed by atoms with Gasteiger partial charge in [0.25, 0.3) is 0 Å². The van der Waals surface area contributed by atoms with Crippen LogP contribution in [-0.4, -0.2) is 40.1 Å². The van der Waals surface area contributed by atoms with E-state index in [1.807, 2.05) is 18.2 Å². The van der Waals surface area contributed by atoms with E-state index in [1.165, 1.54) is 0 Å². The standard InChI is InChI=1S/C16H26FNO3/c1-3-9-20-15-6-5-14(13-18-8-11-19-2)16(12-15)21-10-4-7-17/h5-6,12,18H,3-4,7-11,13H2,1-2H3. The second kappa shape index (κ2) is 11.3. The first-order valence-corrected chi connectivity index (χ1v) is 7.46. The number of alkyl halides is 1. The minimum Gasteiger partial charge on any atom is -0.493 e. The molecule has 0 aliphatic carbocycles. The van der Waals surface area contributed by atoms with Crippen LogP contribution in [0.4, 0.5) is 4.39 Å². The lowest BCUT2D eigenvalue weighted by molar-refractivity contribution is 0.199. The van der Waals surface area contributed by atoms with Gasteiger partial charge in [0.1, 0.15) is 11.5 Å². The molecular weight excluding hydrogens is 273 g/mol. The third-order valence-corrected chi connectivity index (χ3v) is 2.85. The molecule has 1 N–H and O–H groups in total. The fourth-order valence-electron chi connectivity index (χ4n) is 1.76. The number of halogens is 1. The summed E-state index contributed by atoms with van der Waals surface area (Å²) in [4.78, 5) is 0. The van der Waals surface area contributed by atoms with E-state index in [0.717, 1.165) is 30.0 Å². The quantitative estimate of drug-likeness (QED) is 0.602. The molecule has 0 saturated carbocycles. The maximum atomic E-state index is 12.2. The van der Waals surface area contributed by atoms with Crippen LogP contribution in [-0.2, 0) is 11.3 Å². The SMILES string of the molecule is CCCOc1ccc(CNCCOC)c(OCCCF)c1. The number of benzene rings is 1. The van der Waals surface area contributed by atoms with Crippen LogP contribution in [0.2, 0.25) is 0 Å². The monoisotopic (exact) mass is 299 g/mol. The van der Waals surface area contributed by atoms with Crippen molar-refractivity contribution in [1.29, 1.82) is 0 Å². The largest absolute Gasteiger partial charge is 0.493 e. The molecule has 0 heterocycles. The average Bonchev–Trinajstić information content (AvgIpc) is 2.51. The molecule has 1 rings (SSSR count). The van der Waals surface area contributed by atoms with Gasteiger partial charge in [-0.15, -0.1) is 0 Å². The molecule has 0 fully saturated rings. The zero-order valence-electron chi connectivity index (χ0n) is 13.0. The first-order chi connectivity index (χ1) is 10.3. The van der Waals surface area contributed by atoms with Crippen molar-refractivity contribution in [3.63, 3.8) is 0 Å². The van der Waals surface area contributed by atoms with E-state index in [-0.39, 0.29) is 6.67 Å². The van der Waals surface area contributed by atoms with Gasteiger partial charge in [-0.25, -0.2) is 0 Å². The zero-order valence-corrected chi connectivity index (χ0v) is 13.0. The number of hydrogen-bond acceptors (Lipinski definition) is 4. The highest BCUT2D eigenvalue weighted by Gasteiger charge is 2.06. The van der Waals surface area contributed by atoms with Crippen molar-refractivity contribution in [1.82, 2.24) is 5.32 Å². The molecule has 0 saturated heterocycles. The molecular formula is C16H26FNO3. The Hall–Kier alpha value is -1.33. The summed E-state index contributed by atoms with van der Waals surface area (Å²) < 4.78 is 28.5. The Morgan fingerprint density at radius 3 is 2.71 bits per heavy atom. The van der Waals surface area contributed by atoms with Gasteiger partial charge in [-0.05, 0) is 12.5 Å². The number of rotatable bonds is 12. The minimum atomic E-state index is -0.368. The predicted octanol–water partition coefficient (Wildman–Crippen LogP) is 2.95. The molecule has 1 aromatic carbocycles. The molecule has 0 amide bonds. The predicted molar refractivity (Wildman–Crippen MR) is 81.9 cm³/mol. The Bertz CT molecular complexity index is 388. The second-order valence-corrected chi connectivity index (χ2v) is 4.68. The number of methoxy groups -OCH3 is 1. The number of nitrogens with one attached hydrogen (secondary N) is 1. The highest BCUT2D eigenvalue weighted by molar-refractivity contribution is 5.40.